The van der Waals surface area contributed by atoms with Gasteiger partial charge in [-0.05, 0) is 6.92 Å². The lowest BCUT2D eigenvalue weighted by molar-refractivity contribution is 0.406. The van der Waals surface area contributed by atoms with Crippen LogP contribution in [0.15, 0.2) is 57.0 Å². The van der Waals surface area contributed by atoms with Crippen LogP contribution in [-0.2, 0) is 7.05 Å². The van der Waals surface area contributed by atoms with E-state index >= 15 is 0 Å². The van der Waals surface area contributed by atoms with Crippen LogP contribution < -0.4 is 0 Å². The molecule has 0 saturated heterocycles. The summed E-state index contributed by atoms with van der Waals surface area (Å²) in [5.41, 5.74) is 0.237. The highest BCUT2D eigenvalue weighted by Crippen LogP contribution is 2.50. The summed E-state index contributed by atoms with van der Waals surface area (Å²) in [6.45, 7) is 1.75. The number of azo groups is 2. The van der Waals surface area contributed by atoms with E-state index in [1.807, 2.05) is 0 Å². The van der Waals surface area contributed by atoms with Crippen LogP contribution in [0.3, 0.4) is 0 Å². The Labute approximate surface area is 162 Å². The number of fused-ring (bicyclic) bond motifs is 1. The van der Waals surface area contributed by atoms with Crippen LogP contribution in [0.1, 0.15) is 5.82 Å². The molecule has 2 aromatic carbocycles. The Bertz CT molecular complexity index is 1230. The fourth-order valence-corrected chi connectivity index (χ4v) is 3.07. The molecule has 11 heteroatoms. The van der Waals surface area contributed by atoms with Crippen molar-refractivity contribution in [2.45, 2.75) is 6.92 Å². The SMILES string of the molecule is Cc1nsc(/N=N/c2c(O)c(O)c(/N=N/c3ccnn3C)c3ccccc23)n1. The van der Waals surface area contributed by atoms with Gasteiger partial charge in [-0.15, -0.1) is 20.5 Å². The van der Waals surface area contributed by atoms with Crippen molar-refractivity contribution in [3.63, 3.8) is 0 Å². The van der Waals surface area contributed by atoms with Crippen molar-refractivity contribution < 1.29 is 10.2 Å². The average molecular weight is 394 g/mol. The van der Waals surface area contributed by atoms with Gasteiger partial charge in [-0.1, -0.05) is 24.3 Å². The third-order valence-corrected chi connectivity index (χ3v) is 4.60. The lowest BCUT2D eigenvalue weighted by Gasteiger charge is -2.09. The summed E-state index contributed by atoms with van der Waals surface area (Å²) >= 11 is 1.09. The van der Waals surface area contributed by atoms with E-state index in [4.69, 9.17) is 0 Å². The molecule has 0 bridgehead atoms. The maximum absolute atomic E-state index is 10.5. The molecule has 0 atom stereocenters. The highest BCUT2D eigenvalue weighted by Gasteiger charge is 2.19. The smallest absolute Gasteiger partial charge is 0.249 e. The number of aromatic nitrogens is 4. The van der Waals surface area contributed by atoms with Gasteiger partial charge in [-0.25, -0.2) is 9.67 Å². The molecule has 0 saturated carbocycles. The minimum absolute atomic E-state index is 0.112. The summed E-state index contributed by atoms with van der Waals surface area (Å²) in [6.07, 6.45) is 1.59. The molecule has 2 heterocycles. The van der Waals surface area contributed by atoms with Crippen molar-refractivity contribution in [2.75, 3.05) is 0 Å². The second-order valence-corrected chi connectivity index (χ2v) is 6.51. The molecule has 0 aliphatic heterocycles. The zero-order valence-corrected chi connectivity index (χ0v) is 15.7. The standard InChI is InChI=1S/C17H14N8O2S/c1-9-19-17(28-24-9)23-22-14-11-6-4-3-5-10(11)13(15(26)16(14)27)21-20-12-7-8-18-25(12)2/h3-8,26-27H,1-2H3/b21-20+,23-22+. The first-order valence-corrected chi connectivity index (χ1v) is 8.90. The molecule has 28 heavy (non-hydrogen) atoms. The Kier molecular flexibility index (Phi) is 4.49. The molecule has 0 fully saturated rings. The van der Waals surface area contributed by atoms with Crippen molar-refractivity contribution in [1.82, 2.24) is 19.1 Å². The second kappa shape index (κ2) is 7.12. The Hall–Kier alpha value is -3.73. The molecule has 0 amide bonds. The fraction of sp³-hybridized carbons (Fsp3) is 0.118. The van der Waals surface area contributed by atoms with E-state index in [2.05, 4.69) is 34.9 Å². The fourth-order valence-electron chi connectivity index (χ4n) is 2.56. The quantitative estimate of drug-likeness (QED) is 0.372. The van der Waals surface area contributed by atoms with Crippen LogP contribution in [-0.4, -0.2) is 29.4 Å². The maximum atomic E-state index is 10.5. The number of phenolic OH excluding ortho intramolecular Hbond substituents is 2. The van der Waals surface area contributed by atoms with Crippen LogP contribution in [0.5, 0.6) is 11.5 Å². The molecule has 0 radical (unpaired) electrons. The van der Waals surface area contributed by atoms with Crippen LogP contribution in [0.2, 0.25) is 0 Å². The highest BCUT2D eigenvalue weighted by molar-refractivity contribution is 7.09. The average Bonchev–Trinajstić information content (AvgIpc) is 3.30. The molecule has 2 aromatic heterocycles. The summed E-state index contributed by atoms with van der Waals surface area (Å²) in [4.78, 5) is 4.10. The van der Waals surface area contributed by atoms with Crippen LogP contribution >= 0.6 is 11.5 Å². The molecule has 4 aromatic rings. The first-order valence-electron chi connectivity index (χ1n) is 8.13. The molecular formula is C17H14N8O2S. The van der Waals surface area contributed by atoms with E-state index in [0.29, 0.717) is 27.5 Å². The zero-order valence-electron chi connectivity index (χ0n) is 14.8. The number of aromatic hydroxyl groups is 2. The van der Waals surface area contributed by atoms with E-state index in [1.165, 1.54) is 4.68 Å². The van der Waals surface area contributed by atoms with Gasteiger partial charge < -0.3 is 10.2 Å². The summed E-state index contributed by atoms with van der Waals surface area (Å²) in [6, 6.07) is 8.75. The zero-order chi connectivity index (χ0) is 19.7. The van der Waals surface area contributed by atoms with Crippen molar-refractivity contribution in [2.24, 2.45) is 27.5 Å². The predicted octanol–water partition coefficient (Wildman–Crippen LogP) is 4.98. The molecule has 10 nitrogen and oxygen atoms in total. The monoisotopic (exact) mass is 394 g/mol. The predicted molar refractivity (Wildman–Crippen MR) is 103 cm³/mol. The van der Waals surface area contributed by atoms with Gasteiger partial charge in [-0.2, -0.15) is 9.47 Å². The normalized spacial score (nSPS) is 11.9. The van der Waals surface area contributed by atoms with Crippen molar-refractivity contribution in [1.29, 1.82) is 0 Å². The summed E-state index contributed by atoms with van der Waals surface area (Å²) in [5, 5.41) is 42.8. The lowest BCUT2D eigenvalue weighted by Crippen LogP contribution is -1.87. The summed E-state index contributed by atoms with van der Waals surface area (Å²) in [7, 11) is 1.72. The van der Waals surface area contributed by atoms with Gasteiger partial charge in [0.15, 0.2) is 17.3 Å². The molecule has 0 aliphatic rings. The minimum atomic E-state index is -0.442. The van der Waals surface area contributed by atoms with Crippen molar-refractivity contribution in [3.05, 3.63) is 42.4 Å². The first kappa shape index (κ1) is 17.7. The number of phenols is 2. The Morgan fingerprint density at radius 1 is 0.929 bits per heavy atom. The second-order valence-electron chi connectivity index (χ2n) is 5.78. The number of aryl methyl sites for hydroxylation is 2. The molecule has 2 N–H and O–H groups in total. The van der Waals surface area contributed by atoms with E-state index in [0.717, 1.165) is 11.5 Å². The van der Waals surface area contributed by atoms with E-state index in [-0.39, 0.29) is 11.4 Å². The Balaban J connectivity index is 1.85. The molecule has 0 spiro atoms. The Morgan fingerprint density at radius 2 is 1.57 bits per heavy atom. The molecule has 0 unspecified atom stereocenters. The Morgan fingerprint density at radius 3 is 2.11 bits per heavy atom. The van der Waals surface area contributed by atoms with Gasteiger partial charge in [0.05, 0.1) is 6.20 Å². The third-order valence-electron chi connectivity index (χ3n) is 3.91. The van der Waals surface area contributed by atoms with Crippen LogP contribution in [0.4, 0.5) is 22.3 Å². The number of nitrogens with zero attached hydrogens (tertiary/aromatic N) is 8. The van der Waals surface area contributed by atoms with E-state index < -0.39 is 11.5 Å². The van der Waals surface area contributed by atoms with Crippen LogP contribution in [0, 0.1) is 6.92 Å². The lowest BCUT2D eigenvalue weighted by atomic mass is 10.1. The van der Waals surface area contributed by atoms with Gasteiger partial charge >= 0.3 is 0 Å². The number of hydrogen-bond acceptors (Lipinski definition) is 10. The topological polar surface area (TPSA) is 134 Å². The van der Waals surface area contributed by atoms with E-state index in [1.54, 1.807) is 50.5 Å². The molecular weight excluding hydrogens is 380 g/mol. The largest absolute Gasteiger partial charge is 0.503 e. The van der Waals surface area contributed by atoms with Crippen molar-refractivity contribution >= 4 is 44.6 Å². The van der Waals surface area contributed by atoms with Gasteiger partial charge in [0.2, 0.25) is 5.13 Å². The molecule has 4 rings (SSSR count). The molecule has 0 aliphatic carbocycles. The summed E-state index contributed by atoms with van der Waals surface area (Å²) in [5.74, 6) is 0.204. The number of benzene rings is 2. The van der Waals surface area contributed by atoms with Crippen molar-refractivity contribution in [3.8, 4) is 11.5 Å². The highest BCUT2D eigenvalue weighted by atomic mass is 32.1. The van der Waals surface area contributed by atoms with Gasteiger partial charge in [-0.3, -0.25) is 0 Å². The molecule has 140 valence electrons. The third kappa shape index (κ3) is 3.18. The van der Waals surface area contributed by atoms with Gasteiger partial charge in [0.1, 0.15) is 17.2 Å². The number of hydrogen-bond donors (Lipinski definition) is 2. The van der Waals surface area contributed by atoms with E-state index in [9.17, 15) is 10.2 Å². The first-order chi connectivity index (χ1) is 13.5. The van der Waals surface area contributed by atoms with Crippen LogP contribution in [0.25, 0.3) is 10.8 Å². The summed E-state index contributed by atoms with van der Waals surface area (Å²) < 4.78 is 5.57. The van der Waals surface area contributed by atoms with Gasteiger partial charge in [0, 0.05) is 35.4 Å². The van der Waals surface area contributed by atoms with Gasteiger partial charge in [0.25, 0.3) is 0 Å². The number of rotatable bonds is 4. The minimum Gasteiger partial charge on any atom is -0.503 e. The maximum Gasteiger partial charge on any atom is 0.249 e.